The Balaban J connectivity index is 1.78. The first-order chi connectivity index (χ1) is 15.4. The first kappa shape index (κ1) is 25.5. The van der Waals surface area contributed by atoms with Gasteiger partial charge >= 0.3 is 6.09 Å². The molecular formula is C24H37N3O5. The largest absolute Gasteiger partial charge is 0.493 e. The lowest BCUT2D eigenvalue weighted by atomic mass is 9.96. The van der Waals surface area contributed by atoms with E-state index in [9.17, 15) is 14.4 Å². The average Bonchev–Trinajstić information content (AvgIpc) is 2.77. The molecule has 0 spiro atoms. The highest BCUT2D eigenvalue weighted by molar-refractivity contribution is 5.81. The van der Waals surface area contributed by atoms with Crippen molar-refractivity contribution >= 4 is 17.9 Å². The number of alkyl carbamates (subject to hydrolysis) is 1. The van der Waals surface area contributed by atoms with Gasteiger partial charge in [-0.15, -0.1) is 0 Å². The van der Waals surface area contributed by atoms with Crippen LogP contribution in [0.15, 0.2) is 30.3 Å². The molecule has 1 fully saturated rings. The van der Waals surface area contributed by atoms with Crippen molar-refractivity contribution in [3.8, 4) is 5.75 Å². The van der Waals surface area contributed by atoms with E-state index in [-0.39, 0.29) is 30.2 Å². The molecule has 178 valence electrons. The van der Waals surface area contributed by atoms with E-state index in [1.807, 2.05) is 30.3 Å². The normalized spacial score (nSPS) is 16.9. The third kappa shape index (κ3) is 9.16. The molecule has 2 atom stereocenters. The minimum Gasteiger partial charge on any atom is -0.493 e. The van der Waals surface area contributed by atoms with E-state index in [0.29, 0.717) is 38.8 Å². The maximum Gasteiger partial charge on any atom is 0.407 e. The van der Waals surface area contributed by atoms with Gasteiger partial charge in [-0.25, -0.2) is 4.79 Å². The van der Waals surface area contributed by atoms with Crippen molar-refractivity contribution in [2.75, 3.05) is 32.8 Å². The lowest BCUT2D eigenvalue weighted by Gasteiger charge is -2.32. The molecule has 0 saturated carbocycles. The van der Waals surface area contributed by atoms with Gasteiger partial charge in [0.15, 0.2) is 0 Å². The van der Waals surface area contributed by atoms with Crippen LogP contribution in [0.2, 0.25) is 0 Å². The summed E-state index contributed by atoms with van der Waals surface area (Å²) in [6.45, 7) is 7.90. The second-order valence-corrected chi connectivity index (χ2v) is 8.53. The highest BCUT2D eigenvalue weighted by atomic mass is 16.5. The summed E-state index contributed by atoms with van der Waals surface area (Å²) >= 11 is 0. The molecule has 0 bridgehead atoms. The number of hydrogen-bond acceptors (Lipinski definition) is 5. The maximum absolute atomic E-state index is 12.7. The van der Waals surface area contributed by atoms with Gasteiger partial charge < -0.3 is 25.0 Å². The number of benzene rings is 1. The van der Waals surface area contributed by atoms with Crippen molar-refractivity contribution in [3.63, 3.8) is 0 Å². The van der Waals surface area contributed by atoms with Crippen LogP contribution in [-0.4, -0.2) is 61.7 Å². The average molecular weight is 448 g/mol. The van der Waals surface area contributed by atoms with Gasteiger partial charge in [-0.2, -0.15) is 0 Å². The third-order valence-electron chi connectivity index (χ3n) is 5.35. The van der Waals surface area contributed by atoms with Gasteiger partial charge in [0.05, 0.1) is 25.6 Å². The van der Waals surface area contributed by atoms with E-state index < -0.39 is 6.09 Å². The predicted molar refractivity (Wildman–Crippen MR) is 122 cm³/mol. The fourth-order valence-electron chi connectivity index (χ4n) is 3.82. The molecule has 0 radical (unpaired) electrons. The lowest BCUT2D eigenvalue weighted by Crippen LogP contribution is -2.49. The number of para-hydroxylation sites is 1. The van der Waals surface area contributed by atoms with Crippen LogP contribution in [0.3, 0.4) is 0 Å². The van der Waals surface area contributed by atoms with Crippen LogP contribution in [0, 0.1) is 11.8 Å². The van der Waals surface area contributed by atoms with E-state index >= 15 is 0 Å². The Morgan fingerprint density at radius 2 is 1.94 bits per heavy atom. The number of nitrogens with one attached hydrogen (secondary N) is 2. The number of hydrogen-bond donors (Lipinski definition) is 2. The van der Waals surface area contributed by atoms with Crippen molar-refractivity contribution in [1.29, 1.82) is 0 Å². The van der Waals surface area contributed by atoms with Crippen LogP contribution in [0.4, 0.5) is 4.79 Å². The topological polar surface area (TPSA) is 97.0 Å². The molecule has 0 aromatic heterocycles. The molecular weight excluding hydrogens is 410 g/mol. The van der Waals surface area contributed by atoms with Crippen molar-refractivity contribution in [2.45, 2.75) is 52.5 Å². The monoisotopic (exact) mass is 447 g/mol. The van der Waals surface area contributed by atoms with Gasteiger partial charge in [-0.3, -0.25) is 9.59 Å². The quantitative estimate of drug-likeness (QED) is 0.544. The Morgan fingerprint density at radius 1 is 1.19 bits per heavy atom. The van der Waals surface area contributed by atoms with E-state index in [2.05, 4.69) is 24.5 Å². The molecule has 1 aromatic carbocycles. The molecule has 1 heterocycles. The molecule has 8 heteroatoms. The number of ether oxygens (including phenoxy) is 2. The first-order valence-electron chi connectivity index (χ1n) is 11.6. The van der Waals surface area contributed by atoms with Crippen LogP contribution in [-0.2, 0) is 14.3 Å². The second-order valence-electron chi connectivity index (χ2n) is 8.53. The Hall–Kier alpha value is -2.77. The van der Waals surface area contributed by atoms with Gasteiger partial charge in [0.2, 0.25) is 11.8 Å². The Bertz CT molecular complexity index is 726. The van der Waals surface area contributed by atoms with Crippen molar-refractivity contribution in [2.24, 2.45) is 11.8 Å². The third-order valence-corrected chi connectivity index (χ3v) is 5.35. The predicted octanol–water partition coefficient (Wildman–Crippen LogP) is 2.97. The number of carbonyl (C=O) groups is 3. The summed E-state index contributed by atoms with van der Waals surface area (Å²) in [7, 11) is 0. The van der Waals surface area contributed by atoms with Crippen LogP contribution in [0.25, 0.3) is 0 Å². The SMILES string of the molecule is CCOC(=O)NC(CNC(=O)C1CCCN(C(=O)CCOc2ccccc2)C1)CC(C)C. The van der Waals surface area contributed by atoms with E-state index in [1.54, 1.807) is 11.8 Å². The van der Waals surface area contributed by atoms with E-state index in [1.165, 1.54) is 0 Å². The highest BCUT2D eigenvalue weighted by Gasteiger charge is 2.28. The Kier molecular flexibility index (Phi) is 10.8. The van der Waals surface area contributed by atoms with Crippen LogP contribution in [0.1, 0.15) is 46.5 Å². The van der Waals surface area contributed by atoms with Gasteiger partial charge in [0.25, 0.3) is 0 Å². The molecule has 1 aliphatic heterocycles. The first-order valence-corrected chi connectivity index (χ1v) is 11.6. The van der Waals surface area contributed by atoms with Gasteiger partial charge in [-0.1, -0.05) is 32.0 Å². The molecule has 1 aliphatic rings. The van der Waals surface area contributed by atoms with Gasteiger partial charge in [0, 0.05) is 25.7 Å². The molecule has 1 aromatic rings. The number of rotatable bonds is 11. The Labute approximate surface area is 191 Å². The number of amides is 3. The lowest BCUT2D eigenvalue weighted by molar-refractivity contribution is -0.136. The molecule has 8 nitrogen and oxygen atoms in total. The summed E-state index contributed by atoms with van der Waals surface area (Å²) in [6, 6.07) is 9.20. The number of piperidine rings is 1. The zero-order valence-corrected chi connectivity index (χ0v) is 19.5. The smallest absolute Gasteiger partial charge is 0.407 e. The zero-order valence-electron chi connectivity index (χ0n) is 19.5. The molecule has 32 heavy (non-hydrogen) atoms. The number of nitrogens with zero attached hydrogens (tertiary/aromatic N) is 1. The molecule has 2 unspecified atom stereocenters. The maximum atomic E-state index is 12.7. The number of carbonyl (C=O) groups excluding carboxylic acids is 3. The van der Waals surface area contributed by atoms with Crippen molar-refractivity contribution in [1.82, 2.24) is 15.5 Å². The molecule has 2 rings (SSSR count). The van der Waals surface area contributed by atoms with Crippen LogP contribution >= 0.6 is 0 Å². The van der Waals surface area contributed by atoms with Crippen molar-refractivity contribution in [3.05, 3.63) is 30.3 Å². The molecule has 3 amide bonds. The summed E-state index contributed by atoms with van der Waals surface area (Å²) in [4.78, 5) is 38.9. The van der Waals surface area contributed by atoms with Gasteiger partial charge in [0.1, 0.15) is 5.75 Å². The molecule has 1 saturated heterocycles. The van der Waals surface area contributed by atoms with E-state index in [4.69, 9.17) is 9.47 Å². The number of likely N-dealkylation sites (tertiary alicyclic amines) is 1. The summed E-state index contributed by atoms with van der Waals surface area (Å²) in [6.07, 6.45) is 2.08. The fourth-order valence-corrected chi connectivity index (χ4v) is 3.82. The fraction of sp³-hybridized carbons (Fsp3) is 0.625. The van der Waals surface area contributed by atoms with Crippen LogP contribution < -0.4 is 15.4 Å². The summed E-state index contributed by atoms with van der Waals surface area (Å²) in [5.41, 5.74) is 0. The minimum atomic E-state index is -0.473. The summed E-state index contributed by atoms with van der Waals surface area (Å²) in [5.74, 6) is 0.774. The summed E-state index contributed by atoms with van der Waals surface area (Å²) < 4.78 is 10.6. The Morgan fingerprint density at radius 3 is 2.62 bits per heavy atom. The van der Waals surface area contributed by atoms with Gasteiger partial charge in [-0.05, 0) is 44.2 Å². The zero-order chi connectivity index (χ0) is 23.3. The van der Waals surface area contributed by atoms with E-state index in [0.717, 1.165) is 25.0 Å². The molecule has 2 N–H and O–H groups in total. The standard InChI is InChI=1S/C24H37N3O5/c1-4-31-24(30)26-20(15-18(2)3)16-25-23(29)19-9-8-13-27(17-19)22(28)12-14-32-21-10-6-5-7-11-21/h5-7,10-11,18-20H,4,8-9,12-17H2,1-3H3,(H,25,29)(H,26,30). The minimum absolute atomic E-state index is 0.0000863. The molecule has 0 aliphatic carbocycles. The highest BCUT2D eigenvalue weighted by Crippen LogP contribution is 2.18. The second kappa shape index (κ2) is 13.6. The van der Waals surface area contributed by atoms with Crippen molar-refractivity contribution < 1.29 is 23.9 Å². The van der Waals surface area contributed by atoms with Crippen LogP contribution in [0.5, 0.6) is 5.75 Å². The summed E-state index contributed by atoms with van der Waals surface area (Å²) in [5, 5.41) is 5.77.